The summed E-state index contributed by atoms with van der Waals surface area (Å²) in [6, 6.07) is 6.48. The van der Waals surface area contributed by atoms with Crippen LogP contribution in [0.4, 0.5) is 0 Å². The number of amides is 1. The third-order valence-corrected chi connectivity index (χ3v) is 3.37. The summed E-state index contributed by atoms with van der Waals surface area (Å²) in [7, 11) is 0. The first kappa shape index (κ1) is 13.7. The minimum atomic E-state index is -0.759. The van der Waals surface area contributed by atoms with Crippen molar-refractivity contribution in [2.45, 2.75) is 31.3 Å². The van der Waals surface area contributed by atoms with Gasteiger partial charge in [0.15, 0.2) is 18.1 Å². The topological polar surface area (TPSA) is 78.8 Å². The molecular formula is C14H19NO4. The van der Waals surface area contributed by atoms with Gasteiger partial charge >= 0.3 is 0 Å². The van der Waals surface area contributed by atoms with Gasteiger partial charge in [0.1, 0.15) is 0 Å². The first-order chi connectivity index (χ1) is 9.09. The fourth-order valence-electron chi connectivity index (χ4n) is 2.25. The van der Waals surface area contributed by atoms with Crippen LogP contribution in [-0.2, 0) is 4.79 Å². The molecule has 0 unspecified atom stereocenters. The first-order valence-electron chi connectivity index (χ1n) is 6.49. The molecule has 1 aliphatic carbocycles. The van der Waals surface area contributed by atoms with Crippen molar-refractivity contribution < 1.29 is 19.7 Å². The Balaban J connectivity index is 1.74. The summed E-state index contributed by atoms with van der Waals surface area (Å²) >= 11 is 0. The Labute approximate surface area is 112 Å². The van der Waals surface area contributed by atoms with Gasteiger partial charge in [0.25, 0.3) is 5.91 Å². The molecule has 1 saturated carbocycles. The van der Waals surface area contributed by atoms with Crippen LogP contribution in [0.25, 0.3) is 0 Å². The number of rotatable bonds is 5. The molecule has 0 bridgehead atoms. The van der Waals surface area contributed by atoms with Gasteiger partial charge in [-0.15, -0.1) is 0 Å². The maximum absolute atomic E-state index is 11.6. The van der Waals surface area contributed by atoms with E-state index in [1.807, 2.05) is 0 Å². The summed E-state index contributed by atoms with van der Waals surface area (Å²) in [6.07, 6.45) is 3.46. The van der Waals surface area contributed by atoms with Crippen molar-refractivity contribution in [2.24, 2.45) is 0 Å². The number of phenols is 1. The van der Waals surface area contributed by atoms with E-state index in [4.69, 9.17) is 4.74 Å². The van der Waals surface area contributed by atoms with E-state index in [1.165, 1.54) is 6.07 Å². The Hall–Kier alpha value is -1.75. The molecule has 0 aliphatic heterocycles. The van der Waals surface area contributed by atoms with Gasteiger partial charge in [-0.1, -0.05) is 25.0 Å². The predicted molar refractivity (Wildman–Crippen MR) is 70.0 cm³/mol. The molecule has 19 heavy (non-hydrogen) atoms. The summed E-state index contributed by atoms with van der Waals surface area (Å²) in [5.74, 6) is -0.0227. The van der Waals surface area contributed by atoms with Crippen LogP contribution >= 0.6 is 0 Å². The van der Waals surface area contributed by atoms with E-state index < -0.39 is 5.60 Å². The molecular weight excluding hydrogens is 246 g/mol. The normalized spacial score (nSPS) is 17.1. The number of benzene rings is 1. The zero-order valence-electron chi connectivity index (χ0n) is 10.8. The second-order valence-corrected chi connectivity index (χ2v) is 4.96. The molecule has 5 nitrogen and oxygen atoms in total. The van der Waals surface area contributed by atoms with E-state index in [0.29, 0.717) is 0 Å². The molecule has 1 fully saturated rings. The number of para-hydroxylation sites is 2. The lowest BCUT2D eigenvalue weighted by atomic mass is 10.0. The smallest absolute Gasteiger partial charge is 0.258 e. The average Bonchev–Trinajstić information content (AvgIpc) is 2.83. The summed E-state index contributed by atoms with van der Waals surface area (Å²) in [5.41, 5.74) is -0.759. The van der Waals surface area contributed by atoms with Crippen LogP contribution in [0.3, 0.4) is 0 Å². The second kappa shape index (κ2) is 5.93. The van der Waals surface area contributed by atoms with Crippen molar-refractivity contribution in [3.63, 3.8) is 0 Å². The lowest BCUT2D eigenvalue weighted by Crippen LogP contribution is -2.42. The Morgan fingerprint density at radius 1 is 1.32 bits per heavy atom. The number of phenolic OH excluding ortho intramolecular Hbond substituents is 1. The minimum Gasteiger partial charge on any atom is -0.504 e. The Morgan fingerprint density at radius 3 is 2.68 bits per heavy atom. The Bertz CT molecular complexity index is 441. The van der Waals surface area contributed by atoms with Crippen molar-refractivity contribution >= 4 is 5.91 Å². The van der Waals surface area contributed by atoms with Gasteiger partial charge < -0.3 is 20.3 Å². The largest absolute Gasteiger partial charge is 0.504 e. The zero-order chi connectivity index (χ0) is 13.7. The van der Waals surface area contributed by atoms with Gasteiger partial charge in [0.05, 0.1) is 5.60 Å². The van der Waals surface area contributed by atoms with Crippen molar-refractivity contribution in [1.29, 1.82) is 0 Å². The predicted octanol–water partition coefficient (Wildman–Crippen LogP) is 1.19. The molecule has 0 spiro atoms. The summed E-state index contributed by atoms with van der Waals surface area (Å²) < 4.78 is 5.20. The molecule has 0 atom stereocenters. The third-order valence-electron chi connectivity index (χ3n) is 3.37. The lowest BCUT2D eigenvalue weighted by molar-refractivity contribution is -0.124. The van der Waals surface area contributed by atoms with E-state index in [-0.39, 0.29) is 30.6 Å². The number of carbonyl (C=O) groups is 1. The number of hydrogen-bond acceptors (Lipinski definition) is 4. The summed E-state index contributed by atoms with van der Waals surface area (Å²) in [5, 5.41) is 22.2. The minimum absolute atomic E-state index is 0.00437. The molecule has 0 saturated heterocycles. The molecule has 1 aromatic carbocycles. The van der Waals surface area contributed by atoms with E-state index in [1.54, 1.807) is 18.2 Å². The van der Waals surface area contributed by atoms with Gasteiger partial charge in [-0.2, -0.15) is 0 Å². The van der Waals surface area contributed by atoms with Gasteiger partial charge in [-0.25, -0.2) is 0 Å². The maximum atomic E-state index is 11.6. The molecule has 1 aliphatic rings. The maximum Gasteiger partial charge on any atom is 0.258 e. The SMILES string of the molecule is O=C(COc1ccccc1O)NCC1(O)CCCC1. The molecule has 0 radical (unpaired) electrons. The fraction of sp³-hybridized carbons (Fsp3) is 0.500. The molecule has 104 valence electrons. The number of hydrogen-bond donors (Lipinski definition) is 3. The van der Waals surface area contributed by atoms with E-state index in [9.17, 15) is 15.0 Å². The molecule has 3 N–H and O–H groups in total. The van der Waals surface area contributed by atoms with Gasteiger partial charge in [-0.3, -0.25) is 4.79 Å². The van der Waals surface area contributed by atoms with Crippen LogP contribution in [0, 0.1) is 0 Å². The molecule has 0 heterocycles. The van der Waals surface area contributed by atoms with Gasteiger partial charge in [0, 0.05) is 6.54 Å². The first-order valence-corrected chi connectivity index (χ1v) is 6.49. The highest BCUT2D eigenvalue weighted by Crippen LogP contribution is 2.28. The number of carbonyl (C=O) groups excluding carboxylic acids is 1. The Kier molecular flexibility index (Phi) is 4.27. The van der Waals surface area contributed by atoms with Crippen molar-refractivity contribution in [1.82, 2.24) is 5.32 Å². The zero-order valence-corrected chi connectivity index (χ0v) is 10.8. The standard InChI is InChI=1S/C14H19NO4/c16-11-5-1-2-6-12(11)19-9-13(17)15-10-14(18)7-3-4-8-14/h1-2,5-6,16,18H,3-4,7-10H2,(H,15,17). The highest BCUT2D eigenvalue weighted by molar-refractivity contribution is 5.77. The van der Waals surface area contributed by atoms with Crippen molar-refractivity contribution in [2.75, 3.05) is 13.2 Å². The van der Waals surface area contributed by atoms with Gasteiger partial charge in [-0.05, 0) is 25.0 Å². The van der Waals surface area contributed by atoms with Crippen LogP contribution in [0.15, 0.2) is 24.3 Å². The monoisotopic (exact) mass is 265 g/mol. The summed E-state index contributed by atoms with van der Waals surface area (Å²) in [4.78, 5) is 11.6. The fourth-order valence-corrected chi connectivity index (χ4v) is 2.25. The molecule has 1 amide bonds. The number of nitrogens with one attached hydrogen (secondary N) is 1. The summed E-state index contributed by atoms with van der Waals surface area (Å²) in [6.45, 7) is 0.0869. The lowest BCUT2D eigenvalue weighted by Gasteiger charge is -2.22. The number of aromatic hydroxyl groups is 1. The van der Waals surface area contributed by atoms with Crippen molar-refractivity contribution in [3.8, 4) is 11.5 Å². The van der Waals surface area contributed by atoms with Gasteiger partial charge in [0.2, 0.25) is 0 Å². The van der Waals surface area contributed by atoms with Crippen LogP contribution in [0.5, 0.6) is 11.5 Å². The van der Waals surface area contributed by atoms with Crippen LogP contribution in [-0.4, -0.2) is 34.9 Å². The molecule has 1 aromatic rings. The van der Waals surface area contributed by atoms with E-state index >= 15 is 0 Å². The van der Waals surface area contributed by atoms with Crippen LogP contribution in [0.1, 0.15) is 25.7 Å². The van der Waals surface area contributed by atoms with E-state index in [2.05, 4.69) is 5.32 Å². The third kappa shape index (κ3) is 3.86. The van der Waals surface area contributed by atoms with Crippen molar-refractivity contribution in [3.05, 3.63) is 24.3 Å². The van der Waals surface area contributed by atoms with E-state index in [0.717, 1.165) is 25.7 Å². The quantitative estimate of drug-likeness (QED) is 0.747. The van der Waals surface area contributed by atoms with Crippen LogP contribution < -0.4 is 10.1 Å². The number of ether oxygens (including phenoxy) is 1. The highest BCUT2D eigenvalue weighted by atomic mass is 16.5. The second-order valence-electron chi connectivity index (χ2n) is 4.96. The molecule has 0 aromatic heterocycles. The molecule has 2 rings (SSSR count). The average molecular weight is 265 g/mol. The Morgan fingerprint density at radius 2 is 2.00 bits per heavy atom. The molecule has 5 heteroatoms. The van der Waals surface area contributed by atoms with Crippen LogP contribution in [0.2, 0.25) is 0 Å². The number of aliphatic hydroxyl groups is 1. The highest BCUT2D eigenvalue weighted by Gasteiger charge is 2.31.